The van der Waals surface area contributed by atoms with Gasteiger partial charge in [0.2, 0.25) is 0 Å². The predicted octanol–water partition coefficient (Wildman–Crippen LogP) is 3.31. The Morgan fingerprint density at radius 3 is 2.70 bits per heavy atom. The van der Waals surface area contributed by atoms with Crippen LogP contribution >= 0.6 is 0 Å². The normalized spacial score (nSPS) is 11.0. The first-order chi connectivity index (χ1) is 16.0. The summed E-state index contributed by atoms with van der Waals surface area (Å²) in [6.45, 7) is 2.02. The van der Waals surface area contributed by atoms with Gasteiger partial charge >= 0.3 is 0 Å². The Labute approximate surface area is 193 Å². The van der Waals surface area contributed by atoms with Crippen LogP contribution in [0.15, 0.2) is 67.0 Å². The standard InChI is InChI=1S/C25H28N6O2/c1-30(2)14-13-27-25(32)20-6-4-5-19(15-20)22-17-29-31-23(11-12-26-24(22)31)28-16-18-7-9-21(33-3)10-8-18/h4-12,15,17,28H,13-14,16H2,1-3H3,(H,27,32). The minimum atomic E-state index is -0.0926. The molecule has 0 aliphatic rings. The van der Waals surface area contributed by atoms with Gasteiger partial charge in [0, 0.05) is 37.0 Å². The average molecular weight is 445 g/mol. The van der Waals surface area contributed by atoms with E-state index in [0.29, 0.717) is 18.7 Å². The third kappa shape index (κ3) is 5.30. The summed E-state index contributed by atoms with van der Waals surface area (Å²) in [5.41, 5.74) is 4.22. The minimum Gasteiger partial charge on any atom is -0.497 e. The fraction of sp³-hybridized carbons (Fsp3) is 0.240. The molecule has 170 valence electrons. The largest absolute Gasteiger partial charge is 0.497 e. The number of carbonyl (C=O) groups is 1. The van der Waals surface area contributed by atoms with Crippen molar-refractivity contribution in [1.29, 1.82) is 0 Å². The highest BCUT2D eigenvalue weighted by Gasteiger charge is 2.13. The van der Waals surface area contributed by atoms with E-state index in [-0.39, 0.29) is 5.91 Å². The molecule has 0 aliphatic carbocycles. The van der Waals surface area contributed by atoms with Crippen LogP contribution in [0.3, 0.4) is 0 Å². The number of nitrogens with zero attached hydrogens (tertiary/aromatic N) is 4. The molecule has 0 saturated heterocycles. The molecular weight excluding hydrogens is 416 g/mol. The van der Waals surface area contributed by atoms with Crippen molar-refractivity contribution in [2.24, 2.45) is 0 Å². The van der Waals surface area contributed by atoms with Crippen molar-refractivity contribution < 1.29 is 9.53 Å². The van der Waals surface area contributed by atoms with Gasteiger partial charge in [0.1, 0.15) is 11.6 Å². The Morgan fingerprint density at radius 2 is 1.94 bits per heavy atom. The molecule has 2 aromatic carbocycles. The van der Waals surface area contributed by atoms with Gasteiger partial charge in [0.15, 0.2) is 5.65 Å². The number of carbonyl (C=O) groups excluding carboxylic acids is 1. The van der Waals surface area contributed by atoms with E-state index >= 15 is 0 Å². The number of anilines is 1. The van der Waals surface area contributed by atoms with Crippen LogP contribution in [0, 0.1) is 0 Å². The smallest absolute Gasteiger partial charge is 0.251 e. The highest BCUT2D eigenvalue weighted by Crippen LogP contribution is 2.26. The van der Waals surface area contributed by atoms with Gasteiger partial charge in [-0.15, -0.1) is 0 Å². The topological polar surface area (TPSA) is 83.8 Å². The number of ether oxygens (including phenoxy) is 1. The number of fused-ring (bicyclic) bond motifs is 1. The fourth-order valence-electron chi connectivity index (χ4n) is 3.49. The second-order valence-corrected chi connectivity index (χ2v) is 7.97. The van der Waals surface area contributed by atoms with Crippen LogP contribution in [0.5, 0.6) is 5.75 Å². The van der Waals surface area contributed by atoms with E-state index in [0.717, 1.165) is 40.4 Å². The van der Waals surface area contributed by atoms with E-state index in [4.69, 9.17) is 4.74 Å². The Morgan fingerprint density at radius 1 is 1.12 bits per heavy atom. The Kier molecular flexibility index (Phi) is 6.85. The van der Waals surface area contributed by atoms with E-state index in [2.05, 4.69) is 20.7 Å². The highest BCUT2D eigenvalue weighted by molar-refractivity contribution is 5.96. The number of methoxy groups -OCH3 is 1. The summed E-state index contributed by atoms with van der Waals surface area (Å²) < 4.78 is 7.00. The average Bonchev–Trinajstić information content (AvgIpc) is 3.28. The molecule has 4 rings (SSSR count). The predicted molar refractivity (Wildman–Crippen MR) is 130 cm³/mol. The zero-order valence-electron chi connectivity index (χ0n) is 19.1. The van der Waals surface area contributed by atoms with Gasteiger partial charge in [-0.1, -0.05) is 24.3 Å². The maximum atomic E-state index is 12.5. The summed E-state index contributed by atoms with van der Waals surface area (Å²) in [6, 6.07) is 17.3. The van der Waals surface area contributed by atoms with Gasteiger partial charge in [-0.05, 0) is 55.6 Å². The number of likely N-dealkylation sites (N-methyl/N-ethyl adjacent to an activating group) is 1. The summed E-state index contributed by atoms with van der Waals surface area (Å²) in [5.74, 6) is 1.57. The Bertz CT molecular complexity index is 1230. The van der Waals surface area contributed by atoms with E-state index < -0.39 is 0 Å². The molecule has 0 bridgehead atoms. The van der Waals surface area contributed by atoms with Crippen molar-refractivity contribution in [1.82, 2.24) is 24.8 Å². The van der Waals surface area contributed by atoms with E-state index in [9.17, 15) is 4.79 Å². The molecule has 4 aromatic rings. The molecule has 0 unspecified atom stereocenters. The Hall–Kier alpha value is -3.91. The molecule has 2 N–H and O–H groups in total. The van der Waals surface area contributed by atoms with Gasteiger partial charge in [-0.25, -0.2) is 4.98 Å². The molecular formula is C25H28N6O2. The number of hydrogen-bond donors (Lipinski definition) is 2. The van der Waals surface area contributed by atoms with Crippen LogP contribution in [0.25, 0.3) is 16.8 Å². The number of nitrogens with one attached hydrogen (secondary N) is 2. The third-order valence-corrected chi connectivity index (χ3v) is 5.31. The first-order valence-corrected chi connectivity index (χ1v) is 10.8. The molecule has 0 saturated carbocycles. The Balaban J connectivity index is 1.53. The summed E-state index contributed by atoms with van der Waals surface area (Å²) in [6.07, 6.45) is 3.54. The zero-order valence-corrected chi connectivity index (χ0v) is 19.1. The fourth-order valence-corrected chi connectivity index (χ4v) is 3.49. The van der Waals surface area contributed by atoms with Crippen LogP contribution in [0.1, 0.15) is 15.9 Å². The van der Waals surface area contributed by atoms with Gasteiger partial charge in [0.25, 0.3) is 5.91 Å². The lowest BCUT2D eigenvalue weighted by Crippen LogP contribution is -2.31. The second-order valence-electron chi connectivity index (χ2n) is 7.97. The lowest BCUT2D eigenvalue weighted by molar-refractivity contribution is 0.0951. The molecule has 0 radical (unpaired) electrons. The maximum Gasteiger partial charge on any atom is 0.251 e. The third-order valence-electron chi connectivity index (χ3n) is 5.31. The molecule has 2 aromatic heterocycles. The van der Waals surface area contributed by atoms with Crippen LogP contribution in [0.2, 0.25) is 0 Å². The number of hydrogen-bond acceptors (Lipinski definition) is 6. The molecule has 0 fully saturated rings. The molecule has 0 atom stereocenters. The number of benzene rings is 2. The van der Waals surface area contributed by atoms with Crippen molar-refractivity contribution in [3.63, 3.8) is 0 Å². The summed E-state index contributed by atoms with van der Waals surface area (Å²) in [4.78, 5) is 19.1. The lowest BCUT2D eigenvalue weighted by atomic mass is 10.1. The summed E-state index contributed by atoms with van der Waals surface area (Å²) in [7, 11) is 5.61. The SMILES string of the molecule is COc1ccc(CNc2ccnc3c(-c4cccc(C(=O)NCCN(C)C)c4)cnn23)cc1. The molecule has 8 heteroatoms. The number of aromatic nitrogens is 3. The first-order valence-electron chi connectivity index (χ1n) is 10.8. The lowest BCUT2D eigenvalue weighted by Gasteiger charge is -2.11. The number of amides is 1. The van der Waals surface area contributed by atoms with E-state index in [1.54, 1.807) is 24.0 Å². The van der Waals surface area contributed by atoms with Gasteiger partial charge in [0.05, 0.1) is 13.3 Å². The van der Waals surface area contributed by atoms with Gasteiger partial charge < -0.3 is 20.3 Å². The summed E-state index contributed by atoms with van der Waals surface area (Å²) in [5, 5.41) is 10.9. The first kappa shape index (κ1) is 22.3. The van der Waals surface area contributed by atoms with Crippen LogP contribution < -0.4 is 15.4 Å². The molecule has 8 nitrogen and oxygen atoms in total. The second kappa shape index (κ2) is 10.1. The maximum absolute atomic E-state index is 12.5. The quantitative estimate of drug-likeness (QED) is 0.412. The molecule has 0 aliphatic heterocycles. The molecule has 2 heterocycles. The van der Waals surface area contributed by atoms with Crippen molar-refractivity contribution in [2.75, 3.05) is 39.6 Å². The zero-order chi connectivity index (χ0) is 23.2. The monoisotopic (exact) mass is 444 g/mol. The summed E-state index contributed by atoms with van der Waals surface area (Å²) >= 11 is 0. The van der Waals surface area contributed by atoms with Crippen LogP contribution in [-0.4, -0.2) is 59.7 Å². The van der Waals surface area contributed by atoms with E-state index in [1.165, 1.54) is 0 Å². The molecule has 0 spiro atoms. The van der Waals surface area contributed by atoms with Gasteiger partial charge in [-0.3, -0.25) is 4.79 Å². The van der Waals surface area contributed by atoms with Crippen molar-refractivity contribution in [3.8, 4) is 16.9 Å². The number of rotatable bonds is 9. The minimum absolute atomic E-state index is 0.0926. The van der Waals surface area contributed by atoms with Crippen LogP contribution in [-0.2, 0) is 6.54 Å². The highest BCUT2D eigenvalue weighted by atomic mass is 16.5. The van der Waals surface area contributed by atoms with Crippen molar-refractivity contribution in [2.45, 2.75) is 6.54 Å². The van der Waals surface area contributed by atoms with Crippen molar-refractivity contribution >= 4 is 17.4 Å². The van der Waals surface area contributed by atoms with Gasteiger partial charge in [-0.2, -0.15) is 9.61 Å². The van der Waals surface area contributed by atoms with Crippen LogP contribution in [0.4, 0.5) is 5.82 Å². The van der Waals surface area contributed by atoms with E-state index in [1.807, 2.05) is 73.6 Å². The molecule has 33 heavy (non-hydrogen) atoms. The molecule has 1 amide bonds. The van der Waals surface area contributed by atoms with Crippen molar-refractivity contribution in [3.05, 3.63) is 78.1 Å².